The normalized spacial score (nSPS) is 12.5. The van der Waals surface area contributed by atoms with Gasteiger partial charge in [-0.2, -0.15) is 0 Å². The zero-order valence-corrected chi connectivity index (χ0v) is 7.27. The zero-order chi connectivity index (χ0) is 9.35. The van der Waals surface area contributed by atoms with Crippen LogP contribution in [0.25, 0.3) is 0 Å². The Balaban J connectivity index is 3.08. The van der Waals surface area contributed by atoms with Crippen LogP contribution in [0.4, 0.5) is 8.78 Å². The summed E-state index contributed by atoms with van der Waals surface area (Å²) >= 11 is 0. The van der Waals surface area contributed by atoms with Gasteiger partial charge in [0.05, 0.1) is 5.69 Å². The molecule has 0 N–H and O–H groups in total. The summed E-state index contributed by atoms with van der Waals surface area (Å²) in [5.41, 5.74) is -0.0591. The molecule has 0 bridgehead atoms. The first-order valence-corrected chi connectivity index (χ1v) is 3.65. The second-order valence-electron chi connectivity index (χ2n) is 3.62. The van der Waals surface area contributed by atoms with Crippen molar-refractivity contribution in [3.05, 3.63) is 17.8 Å². The number of nitrogens with zero attached hydrogens (tertiary/aromatic N) is 1. The Morgan fingerprint density at radius 2 is 2.00 bits per heavy atom. The van der Waals surface area contributed by atoms with E-state index < -0.39 is 11.8 Å². The summed E-state index contributed by atoms with van der Waals surface area (Å²) in [6, 6.07) is 0. The Hall–Kier alpha value is -0.930. The molecule has 4 heteroatoms. The summed E-state index contributed by atoms with van der Waals surface area (Å²) in [7, 11) is 0. The molecular formula is C8H11F2NO. The van der Waals surface area contributed by atoms with Gasteiger partial charge in [0.1, 0.15) is 0 Å². The molecule has 68 valence electrons. The topological polar surface area (TPSA) is 26.0 Å². The van der Waals surface area contributed by atoms with Crippen LogP contribution in [0.15, 0.2) is 10.8 Å². The summed E-state index contributed by atoms with van der Waals surface area (Å²) in [4.78, 5) is 3.76. The molecule has 0 aliphatic carbocycles. The minimum Gasteiger partial charge on any atom is -0.442 e. The van der Waals surface area contributed by atoms with Gasteiger partial charge in [-0.1, -0.05) is 20.8 Å². The fourth-order valence-electron chi connectivity index (χ4n) is 0.973. The Labute approximate surface area is 69.6 Å². The van der Waals surface area contributed by atoms with Gasteiger partial charge in [0.15, 0.2) is 12.2 Å². The Morgan fingerprint density at radius 3 is 2.33 bits per heavy atom. The van der Waals surface area contributed by atoms with E-state index in [-0.39, 0.29) is 5.76 Å². The van der Waals surface area contributed by atoms with E-state index in [2.05, 4.69) is 9.40 Å². The molecule has 0 amide bonds. The molecule has 0 aliphatic rings. The van der Waals surface area contributed by atoms with Crippen LogP contribution in [-0.2, 0) is 5.41 Å². The van der Waals surface area contributed by atoms with Gasteiger partial charge in [-0.15, -0.1) is 0 Å². The van der Waals surface area contributed by atoms with Crippen LogP contribution >= 0.6 is 0 Å². The van der Waals surface area contributed by atoms with Gasteiger partial charge >= 0.3 is 0 Å². The molecule has 0 unspecified atom stereocenters. The van der Waals surface area contributed by atoms with Crippen molar-refractivity contribution in [1.29, 1.82) is 0 Å². The Morgan fingerprint density at radius 1 is 1.42 bits per heavy atom. The number of oxazole rings is 1. The molecule has 0 saturated heterocycles. The van der Waals surface area contributed by atoms with Crippen LogP contribution in [0.3, 0.4) is 0 Å². The first-order chi connectivity index (χ1) is 5.43. The second-order valence-corrected chi connectivity index (χ2v) is 3.62. The van der Waals surface area contributed by atoms with Crippen LogP contribution in [0.2, 0.25) is 0 Å². The van der Waals surface area contributed by atoms with E-state index in [4.69, 9.17) is 0 Å². The Bertz CT molecular complexity index is 262. The lowest BCUT2D eigenvalue weighted by Gasteiger charge is -2.15. The highest BCUT2D eigenvalue weighted by atomic mass is 19.3. The monoisotopic (exact) mass is 175 g/mol. The lowest BCUT2D eigenvalue weighted by Crippen LogP contribution is -2.14. The largest absolute Gasteiger partial charge is 0.442 e. The lowest BCUT2D eigenvalue weighted by molar-refractivity contribution is 0.119. The lowest BCUT2D eigenvalue weighted by atomic mass is 9.91. The molecule has 1 rings (SSSR count). The molecule has 1 aromatic rings. The summed E-state index contributed by atoms with van der Waals surface area (Å²) in [6.07, 6.45) is -1.52. The third-order valence-electron chi connectivity index (χ3n) is 1.50. The van der Waals surface area contributed by atoms with E-state index in [1.165, 1.54) is 0 Å². The summed E-state index contributed by atoms with van der Waals surface area (Å²) in [6.45, 7) is 5.45. The Kier molecular flexibility index (Phi) is 2.17. The third kappa shape index (κ3) is 1.62. The van der Waals surface area contributed by atoms with Crippen LogP contribution in [-0.4, -0.2) is 4.98 Å². The van der Waals surface area contributed by atoms with Gasteiger partial charge in [0, 0.05) is 5.41 Å². The van der Waals surface area contributed by atoms with Crippen molar-refractivity contribution in [2.75, 3.05) is 0 Å². The molecule has 0 saturated carbocycles. The molecule has 12 heavy (non-hydrogen) atoms. The molecule has 1 heterocycles. The maximum absolute atomic E-state index is 12.3. The van der Waals surface area contributed by atoms with Crippen molar-refractivity contribution < 1.29 is 13.2 Å². The standard InChI is InChI=1S/C8H11F2NO/c1-8(2,3)6-5(7(9)10)12-4-11-6/h4,7H,1-3H3. The van der Waals surface area contributed by atoms with Crippen LogP contribution in [0.1, 0.15) is 38.7 Å². The third-order valence-corrected chi connectivity index (χ3v) is 1.50. The van der Waals surface area contributed by atoms with E-state index >= 15 is 0 Å². The molecule has 0 spiro atoms. The van der Waals surface area contributed by atoms with Crippen LogP contribution in [0.5, 0.6) is 0 Å². The van der Waals surface area contributed by atoms with Gasteiger partial charge < -0.3 is 4.42 Å². The minimum atomic E-state index is -2.58. The van der Waals surface area contributed by atoms with Crippen molar-refractivity contribution in [2.45, 2.75) is 32.6 Å². The fourth-order valence-corrected chi connectivity index (χ4v) is 0.973. The quantitative estimate of drug-likeness (QED) is 0.655. The molecule has 0 radical (unpaired) electrons. The van der Waals surface area contributed by atoms with Crippen LogP contribution in [0, 0.1) is 0 Å². The van der Waals surface area contributed by atoms with E-state index in [9.17, 15) is 8.78 Å². The highest BCUT2D eigenvalue weighted by Gasteiger charge is 2.27. The molecule has 0 fully saturated rings. The predicted molar refractivity (Wildman–Crippen MR) is 40.2 cm³/mol. The van der Waals surface area contributed by atoms with Crippen LogP contribution < -0.4 is 0 Å². The molecule has 0 aliphatic heterocycles. The van der Waals surface area contributed by atoms with E-state index in [0.717, 1.165) is 6.39 Å². The van der Waals surface area contributed by atoms with Crippen molar-refractivity contribution in [3.63, 3.8) is 0 Å². The molecule has 0 aromatic carbocycles. The maximum atomic E-state index is 12.3. The zero-order valence-electron chi connectivity index (χ0n) is 7.27. The van der Waals surface area contributed by atoms with Gasteiger partial charge in [-0.25, -0.2) is 13.8 Å². The second kappa shape index (κ2) is 2.84. The van der Waals surface area contributed by atoms with Gasteiger partial charge in [0.2, 0.25) is 0 Å². The van der Waals surface area contributed by atoms with E-state index in [1.54, 1.807) is 0 Å². The molecule has 1 aromatic heterocycles. The first-order valence-electron chi connectivity index (χ1n) is 3.65. The predicted octanol–water partition coefficient (Wildman–Crippen LogP) is 2.91. The summed E-state index contributed by atoms with van der Waals surface area (Å²) in [5.74, 6) is -0.317. The average molecular weight is 175 g/mol. The highest BCUT2D eigenvalue weighted by molar-refractivity contribution is 5.17. The maximum Gasteiger partial charge on any atom is 0.297 e. The van der Waals surface area contributed by atoms with E-state index in [0.29, 0.717) is 5.69 Å². The van der Waals surface area contributed by atoms with E-state index in [1.807, 2.05) is 20.8 Å². The molecule has 0 atom stereocenters. The average Bonchev–Trinajstić information content (AvgIpc) is 2.30. The number of halogens is 2. The molecular weight excluding hydrogens is 164 g/mol. The van der Waals surface area contributed by atoms with Crippen molar-refractivity contribution in [2.24, 2.45) is 0 Å². The number of alkyl halides is 2. The van der Waals surface area contributed by atoms with Gasteiger partial charge in [-0.05, 0) is 0 Å². The first kappa shape index (κ1) is 9.16. The number of hydrogen-bond acceptors (Lipinski definition) is 2. The minimum absolute atomic E-state index is 0.317. The summed E-state index contributed by atoms with van der Waals surface area (Å²) < 4.78 is 29.1. The fraction of sp³-hybridized carbons (Fsp3) is 0.625. The van der Waals surface area contributed by atoms with Gasteiger partial charge in [0.25, 0.3) is 6.43 Å². The van der Waals surface area contributed by atoms with Crippen molar-refractivity contribution >= 4 is 0 Å². The van der Waals surface area contributed by atoms with Crippen molar-refractivity contribution in [1.82, 2.24) is 4.98 Å². The summed E-state index contributed by atoms with van der Waals surface area (Å²) in [5, 5.41) is 0. The number of aromatic nitrogens is 1. The smallest absolute Gasteiger partial charge is 0.297 e. The van der Waals surface area contributed by atoms with Crippen molar-refractivity contribution in [3.8, 4) is 0 Å². The number of rotatable bonds is 1. The SMILES string of the molecule is CC(C)(C)c1ncoc1C(F)F. The molecule has 2 nitrogen and oxygen atoms in total. The number of hydrogen-bond donors (Lipinski definition) is 0. The highest BCUT2D eigenvalue weighted by Crippen LogP contribution is 2.30. The van der Waals surface area contributed by atoms with Gasteiger partial charge in [-0.3, -0.25) is 0 Å².